The Bertz CT molecular complexity index is 652. The molecule has 0 amide bonds. The molecule has 1 aliphatic rings. The van der Waals surface area contributed by atoms with Gasteiger partial charge in [-0.15, -0.1) is 0 Å². The number of nitrogen functional groups attached to an aromatic ring is 1. The molecule has 3 rings (SSSR count). The van der Waals surface area contributed by atoms with E-state index in [9.17, 15) is 0 Å². The average Bonchev–Trinajstić information content (AvgIpc) is 2.63. The lowest BCUT2D eigenvalue weighted by Crippen LogP contribution is -2.13. The quantitative estimate of drug-likeness (QED) is 0.689. The Hall–Kier alpha value is -1.83. The fourth-order valence-electron chi connectivity index (χ4n) is 4.02. The van der Waals surface area contributed by atoms with Crippen LogP contribution in [0, 0.1) is 5.92 Å². The topological polar surface area (TPSA) is 38.9 Å². The van der Waals surface area contributed by atoms with E-state index in [0.29, 0.717) is 5.92 Å². The summed E-state index contributed by atoms with van der Waals surface area (Å²) in [5, 5.41) is 0. The van der Waals surface area contributed by atoms with Crippen LogP contribution in [0.5, 0.6) is 0 Å². The summed E-state index contributed by atoms with van der Waals surface area (Å²) in [5.74, 6) is 1.56. The second-order valence-corrected chi connectivity index (χ2v) is 7.27. The van der Waals surface area contributed by atoms with Crippen molar-refractivity contribution in [1.82, 2.24) is 4.98 Å². The van der Waals surface area contributed by atoms with Crippen molar-refractivity contribution < 1.29 is 0 Å². The molecule has 0 atom stereocenters. The first-order chi connectivity index (χ1) is 11.7. The summed E-state index contributed by atoms with van der Waals surface area (Å²) < 4.78 is 0. The van der Waals surface area contributed by atoms with E-state index in [1.165, 1.54) is 43.2 Å². The molecule has 2 aromatic rings. The predicted molar refractivity (Wildman–Crippen MR) is 103 cm³/mol. The van der Waals surface area contributed by atoms with E-state index in [1.807, 2.05) is 6.20 Å². The number of rotatable bonds is 5. The highest BCUT2D eigenvalue weighted by Crippen LogP contribution is 2.39. The van der Waals surface area contributed by atoms with E-state index >= 15 is 0 Å². The molecule has 2 N–H and O–H groups in total. The molecule has 2 heteroatoms. The largest absolute Gasteiger partial charge is 0.398 e. The summed E-state index contributed by atoms with van der Waals surface area (Å²) in [5.41, 5.74) is 12.1. The molecule has 1 aromatic carbocycles. The van der Waals surface area contributed by atoms with Crippen LogP contribution in [0.1, 0.15) is 69.4 Å². The molecular formula is C22H30N2. The Morgan fingerprint density at radius 3 is 2.42 bits per heavy atom. The van der Waals surface area contributed by atoms with E-state index in [-0.39, 0.29) is 0 Å². The highest BCUT2D eigenvalue weighted by molar-refractivity contribution is 5.66. The van der Waals surface area contributed by atoms with Crippen molar-refractivity contribution in [1.29, 1.82) is 0 Å². The van der Waals surface area contributed by atoms with Crippen LogP contribution in [0.4, 0.5) is 5.69 Å². The van der Waals surface area contributed by atoms with Gasteiger partial charge in [-0.25, -0.2) is 0 Å². The average molecular weight is 322 g/mol. The normalized spacial score (nSPS) is 20.9. The molecule has 128 valence electrons. The molecule has 0 spiro atoms. The van der Waals surface area contributed by atoms with Crippen molar-refractivity contribution in [3.63, 3.8) is 0 Å². The highest BCUT2D eigenvalue weighted by Gasteiger charge is 2.22. The van der Waals surface area contributed by atoms with Crippen LogP contribution in [0.2, 0.25) is 0 Å². The van der Waals surface area contributed by atoms with E-state index in [0.717, 1.165) is 35.7 Å². The Morgan fingerprint density at radius 2 is 1.83 bits per heavy atom. The summed E-state index contributed by atoms with van der Waals surface area (Å²) in [6, 6.07) is 10.8. The zero-order chi connectivity index (χ0) is 16.9. The SMILES string of the molecule is CCCc1ccc(-c2ccc(C3CCC(CC)CC3)c(N)c2)nc1. The lowest BCUT2D eigenvalue weighted by atomic mass is 9.77. The van der Waals surface area contributed by atoms with Gasteiger partial charge < -0.3 is 5.73 Å². The number of anilines is 1. The lowest BCUT2D eigenvalue weighted by molar-refractivity contribution is 0.319. The summed E-state index contributed by atoms with van der Waals surface area (Å²) in [6.07, 6.45) is 10.8. The molecule has 24 heavy (non-hydrogen) atoms. The van der Waals surface area contributed by atoms with Crippen molar-refractivity contribution >= 4 is 5.69 Å². The number of hydrogen-bond acceptors (Lipinski definition) is 2. The maximum Gasteiger partial charge on any atom is 0.0702 e. The number of nitrogens with two attached hydrogens (primary N) is 1. The van der Waals surface area contributed by atoms with Gasteiger partial charge in [-0.1, -0.05) is 44.9 Å². The standard InChI is InChI=1S/C22H30N2/c1-3-5-17-8-13-22(24-15-17)19-11-12-20(21(23)14-19)18-9-6-16(4-2)7-10-18/h8,11-16,18H,3-7,9-10,23H2,1-2H3. The Balaban J connectivity index is 1.75. The minimum atomic E-state index is 0.640. The fraction of sp³-hybridized carbons (Fsp3) is 0.500. The number of hydrogen-bond donors (Lipinski definition) is 1. The van der Waals surface area contributed by atoms with E-state index in [4.69, 9.17) is 5.73 Å². The van der Waals surface area contributed by atoms with Gasteiger partial charge in [0, 0.05) is 17.4 Å². The summed E-state index contributed by atoms with van der Waals surface area (Å²) in [4.78, 5) is 4.62. The van der Waals surface area contributed by atoms with Gasteiger partial charge in [0.25, 0.3) is 0 Å². The molecule has 1 aromatic heterocycles. The Labute approximate surface area is 146 Å². The molecule has 0 bridgehead atoms. The van der Waals surface area contributed by atoms with Gasteiger partial charge in [0.1, 0.15) is 0 Å². The molecule has 2 nitrogen and oxygen atoms in total. The van der Waals surface area contributed by atoms with E-state index < -0.39 is 0 Å². The minimum absolute atomic E-state index is 0.640. The summed E-state index contributed by atoms with van der Waals surface area (Å²) in [6.45, 7) is 4.51. The maximum atomic E-state index is 6.41. The smallest absolute Gasteiger partial charge is 0.0702 e. The molecule has 1 heterocycles. The third kappa shape index (κ3) is 3.80. The van der Waals surface area contributed by atoms with Crippen LogP contribution in [0.25, 0.3) is 11.3 Å². The van der Waals surface area contributed by atoms with Crippen molar-refractivity contribution in [2.24, 2.45) is 5.92 Å². The number of aryl methyl sites for hydroxylation is 1. The first-order valence-corrected chi connectivity index (χ1v) is 9.56. The van der Waals surface area contributed by atoms with Gasteiger partial charge in [0.05, 0.1) is 5.69 Å². The van der Waals surface area contributed by atoms with E-state index in [2.05, 4.69) is 49.2 Å². The minimum Gasteiger partial charge on any atom is -0.398 e. The molecule has 1 fully saturated rings. The maximum absolute atomic E-state index is 6.41. The monoisotopic (exact) mass is 322 g/mol. The zero-order valence-electron chi connectivity index (χ0n) is 15.1. The Kier molecular flexibility index (Phi) is 5.55. The van der Waals surface area contributed by atoms with Crippen LogP contribution >= 0.6 is 0 Å². The van der Waals surface area contributed by atoms with Crippen molar-refractivity contribution in [3.8, 4) is 11.3 Å². The molecule has 0 saturated heterocycles. The molecule has 0 aliphatic heterocycles. The van der Waals surface area contributed by atoms with Crippen molar-refractivity contribution in [2.75, 3.05) is 5.73 Å². The van der Waals surface area contributed by atoms with E-state index in [1.54, 1.807) is 0 Å². The van der Waals surface area contributed by atoms with Gasteiger partial charge >= 0.3 is 0 Å². The summed E-state index contributed by atoms with van der Waals surface area (Å²) in [7, 11) is 0. The third-order valence-electron chi connectivity index (χ3n) is 5.61. The first-order valence-electron chi connectivity index (χ1n) is 9.56. The molecule has 0 radical (unpaired) electrons. The number of nitrogens with zero attached hydrogens (tertiary/aromatic N) is 1. The Morgan fingerprint density at radius 1 is 1.04 bits per heavy atom. The van der Waals surface area contributed by atoms with Gasteiger partial charge in [-0.3, -0.25) is 4.98 Å². The highest BCUT2D eigenvalue weighted by atomic mass is 14.7. The molecule has 1 aliphatic carbocycles. The molecular weight excluding hydrogens is 292 g/mol. The van der Waals surface area contributed by atoms with Crippen LogP contribution in [0.15, 0.2) is 36.5 Å². The number of aromatic nitrogens is 1. The predicted octanol–water partition coefficient (Wildman–Crippen LogP) is 5.97. The lowest BCUT2D eigenvalue weighted by Gasteiger charge is -2.29. The zero-order valence-corrected chi connectivity index (χ0v) is 15.1. The van der Waals surface area contributed by atoms with Gasteiger partial charge in [-0.05, 0) is 67.2 Å². The molecule has 0 unspecified atom stereocenters. The fourth-order valence-corrected chi connectivity index (χ4v) is 4.02. The molecule has 1 saturated carbocycles. The van der Waals surface area contributed by atoms with Gasteiger partial charge in [0.15, 0.2) is 0 Å². The second-order valence-electron chi connectivity index (χ2n) is 7.27. The number of benzene rings is 1. The van der Waals surface area contributed by atoms with Gasteiger partial charge in [-0.2, -0.15) is 0 Å². The summed E-state index contributed by atoms with van der Waals surface area (Å²) >= 11 is 0. The van der Waals surface area contributed by atoms with Crippen LogP contribution < -0.4 is 5.73 Å². The van der Waals surface area contributed by atoms with Crippen molar-refractivity contribution in [3.05, 3.63) is 47.7 Å². The van der Waals surface area contributed by atoms with Crippen LogP contribution in [-0.2, 0) is 6.42 Å². The third-order valence-corrected chi connectivity index (χ3v) is 5.61. The van der Waals surface area contributed by atoms with Gasteiger partial charge in [0.2, 0.25) is 0 Å². The second kappa shape index (κ2) is 7.83. The van der Waals surface area contributed by atoms with Crippen LogP contribution in [0.3, 0.4) is 0 Å². The number of pyridine rings is 1. The first kappa shape index (κ1) is 17.0. The van der Waals surface area contributed by atoms with Crippen molar-refractivity contribution in [2.45, 2.75) is 64.7 Å². The van der Waals surface area contributed by atoms with Crippen LogP contribution in [-0.4, -0.2) is 4.98 Å².